The van der Waals surface area contributed by atoms with Gasteiger partial charge in [-0.1, -0.05) is 30.7 Å². The number of carbonyl (C=O) groups excluding carboxylic acids is 1. The van der Waals surface area contributed by atoms with E-state index in [1.165, 1.54) is 0 Å². The molecular weight excluding hydrogens is 292 g/mol. The highest BCUT2D eigenvalue weighted by Gasteiger charge is 2.49. The van der Waals surface area contributed by atoms with E-state index < -0.39 is 5.54 Å². The number of benzene rings is 1. The maximum absolute atomic E-state index is 12.0. The van der Waals surface area contributed by atoms with Crippen LogP contribution in [-0.4, -0.2) is 23.7 Å². The summed E-state index contributed by atoms with van der Waals surface area (Å²) < 4.78 is 0. The van der Waals surface area contributed by atoms with Crippen molar-refractivity contribution in [2.24, 2.45) is 11.7 Å². The third kappa shape index (κ3) is 3.48. The minimum absolute atomic E-state index is 0.243. The second-order valence-electron chi connectivity index (χ2n) is 5.26. The van der Waals surface area contributed by atoms with Crippen molar-refractivity contribution in [1.82, 2.24) is 5.32 Å². The monoisotopic (exact) mass is 312 g/mol. The molecule has 1 fully saturated rings. The van der Waals surface area contributed by atoms with Crippen molar-refractivity contribution in [1.29, 1.82) is 0 Å². The van der Waals surface area contributed by atoms with E-state index in [-0.39, 0.29) is 5.91 Å². The largest absolute Gasteiger partial charge is 0.368 e. The predicted octanol–water partition coefficient (Wildman–Crippen LogP) is 3.07. The molecule has 1 amide bonds. The van der Waals surface area contributed by atoms with Gasteiger partial charge in [0.1, 0.15) is 5.54 Å². The molecule has 2 rings (SSSR count). The van der Waals surface area contributed by atoms with E-state index in [2.05, 4.69) is 12.2 Å². The zero-order valence-corrected chi connectivity index (χ0v) is 13.3. The molecule has 20 heavy (non-hydrogen) atoms. The lowest BCUT2D eigenvalue weighted by molar-refractivity contribution is -0.124. The summed E-state index contributed by atoms with van der Waals surface area (Å²) in [6, 6.07) is 7.71. The van der Waals surface area contributed by atoms with Gasteiger partial charge in [0.05, 0.1) is 5.02 Å². The van der Waals surface area contributed by atoms with Crippen molar-refractivity contribution in [2.75, 3.05) is 12.3 Å². The molecule has 0 saturated heterocycles. The van der Waals surface area contributed by atoms with Gasteiger partial charge in [-0.15, -0.1) is 11.8 Å². The highest BCUT2D eigenvalue weighted by molar-refractivity contribution is 7.99. The number of carbonyl (C=O) groups is 1. The van der Waals surface area contributed by atoms with Gasteiger partial charge in [0.2, 0.25) is 5.91 Å². The van der Waals surface area contributed by atoms with Crippen LogP contribution < -0.4 is 11.1 Å². The first-order chi connectivity index (χ1) is 9.60. The van der Waals surface area contributed by atoms with Crippen molar-refractivity contribution < 1.29 is 4.79 Å². The quantitative estimate of drug-likeness (QED) is 0.725. The molecule has 0 bridgehead atoms. The molecule has 3 N–H and O–H groups in total. The second-order valence-corrected chi connectivity index (χ2v) is 6.68. The lowest BCUT2D eigenvalue weighted by Gasteiger charge is -2.32. The van der Waals surface area contributed by atoms with Crippen LogP contribution in [0, 0.1) is 5.92 Å². The lowest BCUT2D eigenvalue weighted by atomic mass is 9.94. The zero-order valence-electron chi connectivity index (χ0n) is 11.7. The number of nitrogens with one attached hydrogen (secondary N) is 1. The Bertz CT molecular complexity index is 479. The second kappa shape index (κ2) is 6.83. The first-order valence-corrected chi connectivity index (χ1v) is 8.38. The van der Waals surface area contributed by atoms with Crippen LogP contribution in [0.15, 0.2) is 29.2 Å². The van der Waals surface area contributed by atoms with Crippen LogP contribution in [0.3, 0.4) is 0 Å². The van der Waals surface area contributed by atoms with Gasteiger partial charge in [-0.3, -0.25) is 4.79 Å². The molecule has 1 aliphatic carbocycles. The number of rotatable bonds is 8. The molecule has 1 atom stereocenters. The van der Waals surface area contributed by atoms with Gasteiger partial charge in [0.15, 0.2) is 0 Å². The van der Waals surface area contributed by atoms with Crippen molar-refractivity contribution in [3.05, 3.63) is 29.3 Å². The Hall–Kier alpha value is -0.710. The molecule has 1 saturated carbocycles. The normalized spacial score (nSPS) is 17.7. The van der Waals surface area contributed by atoms with Crippen LogP contribution in [0.2, 0.25) is 5.02 Å². The van der Waals surface area contributed by atoms with Crippen LogP contribution >= 0.6 is 23.4 Å². The number of amides is 1. The summed E-state index contributed by atoms with van der Waals surface area (Å²) in [6.07, 6.45) is 3.13. The van der Waals surface area contributed by atoms with Gasteiger partial charge in [0.25, 0.3) is 0 Å². The maximum atomic E-state index is 12.0. The van der Waals surface area contributed by atoms with Crippen molar-refractivity contribution in [2.45, 2.75) is 36.6 Å². The molecule has 1 aliphatic rings. The Morgan fingerprint density at radius 1 is 1.50 bits per heavy atom. The van der Waals surface area contributed by atoms with E-state index in [0.29, 0.717) is 11.7 Å². The molecule has 0 radical (unpaired) electrons. The molecule has 1 unspecified atom stereocenters. The number of nitrogens with two attached hydrogens (primary N) is 1. The molecule has 1 aromatic rings. The van der Waals surface area contributed by atoms with Crippen LogP contribution in [-0.2, 0) is 4.79 Å². The summed E-state index contributed by atoms with van der Waals surface area (Å²) in [7, 11) is 0. The van der Waals surface area contributed by atoms with E-state index in [9.17, 15) is 4.79 Å². The fourth-order valence-electron chi connectivity index (χ4n) is 2.35. The molecule has 1 aromatic carbocycles. The summed E-state index contributed by atoms with van der Waals surface area (Å²) in [5.41, 5.74) is 5.11. The Morgan fingerprint density at radius 3 is 2.75 bits per heavy atom. The average molecular weight is 313 g/mol. The molecule has 110 valence electrons. The standard InChI is InChI=1S/C15H21ClN2OS/c1-2-9-18-15(14(17)19,11-7-8-11)10-20-13-6-4-3-5-12(13)16/h3-6,11,18H,2,7-10H2,1H3,(H2,17,19). The van der Waals surface area contributed by atoms with E-state index >= 15 is 0 Å². The van der Waals surface area contributed by atoms with E-state index in [1.54, 1.807) is 11.8 Å². The van der Waals surface area contributed by atoms with Crippen LogP contribution in [0.1, 0.15) is 26.2 Å². The SMILES string of the molecule is CCCNC(CSc1ccccc1Cl)(C(N)=O)C1CC1. The number of thioether (sulfide) groups is 1. The first-order valence-electron chi connectivity index (χ1n) is 7.02. The number of hydrogen-bond acceptors (Lipinski definition) is 3. The average Bonchev–Trinajstić information content (AvgIpc) is 3.25. The molecule has 0 heterocycles. The fraction of sp³-hybridized carbons (Fsp3) is 0.533. The van der Waals surface area contributed by atoms with Crippen molar-refractivity contribution >= 4 is 29.3 Å². The smallest absolute Gasteiger partial charge is 0.238 e. The van der Waals surface area contributed by atoms with Gasteiger partial charge in [-0.25, -0.2) is 0 Å². The van der Waals surface area contributed by atoms with Crippen LogP contribution in [0.5, 0.6) is 0 Å². The minimum Gasteiger partial charge on any atom is -0.368 e. The Kier molecular flexibility index (Phi) is 5.35. The van der Waals surface area contributed by atoms with Gasteiger partial charge in [0, 0.05) is 10.6 Å². The summed E-state index contributed by atoms with van der Waals surface area (Å²) in [4.78, 5) is 13.0. The van der Waals surface area contributed by atoms with Gasteiger partial charge in [-0.2, -0.15) is 0 Å². The predicted molar refractivity (Wildman–Crippen MR) is 85.1 cm³/mol. The van der Waals surface area contributed by atoms with Crippen molar-refractivity contribution in [3.63, 3.8) is 0 Å². The third-order valence-electron chi connectivity index (χ3n) is 3.70. The summed E-state index contributed by atoms with van der Waals surface area (Å²) in [5.74, 6) is 0.756. The van der Waals surface area contributed by atoms with Crippen LogP contribution in [0.4, 0.5) is 0 Å². The number of hydrogen-bond donors (Lipinski definition) is 2. The first kappa shape index (κ1) is 15.7. The maximum Gasteiger partial charge on any atom is 0.238 e. The minimum atomic E-state index is -0.597. The van der Waals surface area contributed by atoms with E-state index in [4.69, 9.17) is 17.3 Å². The number of halogens is 1. The summed E-state index contributed by atoms with van der Waals surface area (Å²) in [6.45, 7) is 2.90. The summed E-state index contributed by atoms with van der Waals surface area (Å²) in [5, 5.41) is 4.12. The Balaban J connectivity index is 2.11. The molecule has 0 spiro atoms. The van der Waals surface area contributed by atoms with Crippen molar-refractivity contribution in [3.8, 4) is 0 Å². The van der Waals surface area contributed by atoms with Gasteiger partial charge in [-0.05, 0) is 43.9 Å². The molecule has 0 aromatic heterocycles. The Morgan fingerprint density at radius 2 is 2.20 bits per heavy atom. The fourth-order valence-corrected chi connectivity index (χ4v) is 3.89. The van der Waals surface area contributed by atoms with E-state index in [0.717, 1.165) is 35.7 Å². The molecule has 0 aliphatic heterocycles. The van der Waals surface area contributed by atoms with Gasteiger partial charge >= 0.3 is 0 Å². The highest BCUT2D eigenvalue weighted by atomic mass is 35.5. The zero-order chi connectivity index (χ0) is 14.6. The van der Waals surface area contributed by atoms with Crippen LogP contribution in [0.25, 0.3) is 0 Å². The molecule has 5 heteroatoms. The topological polar surface area (TPSA) is 55.1 Å². The lowest BCUT2D eigenvalue weighted by Crippen LogP contribution is -2.59. The highest BCUT2D eigenvalue weighted by Crippen LogP contribution is 2.43. The third-order valence-corrected chi connectivity index (χ3v) is 5.40. The molecular formula is C15H21ClN2OS. The Labute approximate surface area is 129 Å². The van der Waals surface area contributed by atoms with Gasteiger partial charge < -0.3 is 11.1 Å². The number of primary amides is 1. The van der Waals surface area contributed by atoms with E-state index in [1.807, 2.05) is 24.3 Å². The molecule has 3 nitrogen and oxygen atoms in total. The summed E-state index contributed by atoms with van der Waals surface area (Å²) >= 11 is 7.78.